The van der Waals surface area contributed by atoms with E-state index in [1.54, 1.807) is 43.3 Å². The van der Waals surface area contributed by atoms with Crippen LogP contribution in [0.25, 0.3) is 22.1 Å². The van der Waals surface area contributed by atoms with Crippen molar-refractivity contribution in [2.45, 2.75) is 6.92 Å². The van der Waals surface area contributed by atoms with Crippen LogP contribution in [0.5, 0.6) is 5.75 Å². The van der Waals surface area contributed by atoms with E-state index in [9.17, 15) is 9.90 Å². The van der Waals surface area contributed by atoms with Crippen molar-refractivity contribution < 1.29 is 14.6 Å². The number of aromatic nitrogens is 2. The molecule has 5 heteroatoms. The molecule has 0 saturated carbocycles. The molecule has 0 spiro atoms. The lowest BCUT2D eigenvalue weighted by molar-refractivity contribution is 0.0526. The third kappa shape index (κ3) is 2.03. The number of aromatic hydroxyl groups is 1. The van der Waals surface area contributed by atoms with E-state index < -0.39 is 0 Å². The second kappa shape index (κ2) is 4.77. The van der Waals surface area contributed by atoms with E-state index in [4.69, 9.17) is 4.74 Å². The van der Waals surface area contributed by atoms with Crippen LogP contribution in [0.3, 0.4) is 0 Å². The van der Waals surface area contributed by atoms with Gasteiger partial charge in [-0.15, -0.1) is 0 Å². The lowest BCUT2D eigenvalue weighted by Crippen LogP contribution is -2.04. The molecule has 3 rings (SSSR count). The third-order valence-corrected chi connectivity index (χ3v) is 2.95. The molecule has 100 valence electrons. The topological polar surface area (TPSA) is 72.3 Å². The molecule has 0 amide bonds. The zero-order valence-electron chi connectivity index (χ0n) is 10.8. The number of hydrogen-bond acceptors (Lipinski definition) is 5. The van der Waals surface area contributed by atoms with Gasteiger partial charge in [-0.25, -0.2) is 14.8 Å². The predicted molar refractivity (Wildman–Crippen MR) is 74.7 cm³/mol. The second-order valence-corrected chi connectivity index (χ2v) is 4.29. The largest absolute Gasteiger partial charge is 0.506 e. The molecule has 0 saturated heterocycles. The van der Waals surface area contributed by atoms with Crippen LogP contribution in [0.2, 0.25) is 0 Å². The van der Waals surface area contributed by atoms with Gasteiger partial charge in [0.1, 0.15) is 11.3 Å². The average Bonchev–Trinajstić information content (AvgIpc) is 2.45. The van der Waals surface area contributed by atoms with Crippen molar-refractivity contribution >= 4 is 28.0 Å². The first-order chi connectivity index (χ1) is 9.69. The maximum absolute atomic E-state index is 11.7. The van der Waals surface area contributed by atoms with Gasteiger partial charge in [0.05, 0.1) is 28.7 Å². The molecule has 0 atom stereocenters. The molecule has 20 heavy (non-hydrogen) atoms. The highest BCUT2D eigenvalue weighted by molar-refractivity contribution is 5.95. The number of phenolic OH excluding ortho intramolecular Hbond substituents is 1. The minimum atomic E-state index is -0.382. The zero-order valence-corrected chi connectivity index (χ0v) is 10.8. The molecule has 0 fully saturated rings. The first-order valence-corrected chi connectivity index (χ1v) is 6.25. The van der Waals surface area contributed by atoms with Crippen molar-refractivity contribution in [3.8, 4) is 5.75 Å². The third-order valence-electron chi connectivity index (χ3n) is 2.95. The molecule has 0 unspecified atom stereocenters. The highest BCUT2D eigenvalue weighted by Gasteiger charge is 2.10. The van der Waals surface area contributed by atoms with E-state index in [2.05, 4.69) is 9.97 Å². The van der Waals surface area contributed by atoms with Gasteiger partial charge in [-0.2, -0.15) is 0 Å². The Bertz CT molecular complexity index is 815. The minimum Gasteiger partial charge on any atom is -0.506 e. The fraction of sp³-hybridized carbons (Fsp3) is 0.133. The average molecular weight is 268 g/mol. The van der Waals surface area contributed by atoms with Gasteiger partial charge >= 0.3 is 5.97 Å². The second-order valence-electron chi connectivity index (χ2n) is 4.29. The maximum Gasteiger partial charge on any atom is 0.338 e. The van der Waals surface area contributed by atoms with Crippen LogP contribution in [-0.4, -0.2) is 27.7 Å². The highest BCUT2D eigenvalue weighted by atomic mass is 16.5. The number of para-hydroxylation sites is 1. The number of hydrogen-bond donors (Lipinski definition) is 1. The van der Waals surface area contributed by atoms with E-state index in [0.29, 0.717) is 34.2 Å². The molecule has 0 aliphatic rings. The Labute approximate surface area is 114 Å². The smallest absolute Gasteiger partial charge is 0.338 e. The van der Waals surface area contributed by atoms with Crippen LogP contribution in [-0.2, 0) is 4.74 Å². The van der Waals surface area contributed by atoms with E-state index in [1.807, 2.05) is 0 Å². The summed E-state index contributed by atoms with van der Waals surface area (Å²) >= 11 is 0. The summed E-state index contributed by atoms with van der Waals surface area (Å²) in [4.78, 5) is 20.5. The number of nitrogens with zero attached hydrogens (tertiary/aromatic N) is 2. The van der Waals surface area contributed by atoms with Crippen LogP contribution in [0.4, 0.5) is 0 Å². The molecule has 2 aromatic carbocycles. The molecule has 0 aliphatic heterocycles. The zero-order chi connectivity index (χ0) is 14.1. The normalized spacial score (nSPS) is 10.8. The number of fused-ring (bicyclic) bond motifs is 2. The number of ether oxygens (including phenoxy) is 1. The Morgan fingerprint density at radius 2 is 2.00 bits per heavy atom. The van der Waals surface area contributed by atoms with Crippen LogP contribution in [0.15, 0.2) is 36.4 Å². The quantitative estimate of drug-likeness (QED) is 0.571. The van der Waals surface area contributed by atoms with Crippen LogP contribution in [0, 0.1) is 0 Å². The van der Waals surface area contributed by atoms with E-state index in [-0.39, 0.29) is 11.7 Å². The molecule has 1 heterocycles. The first kappa shape index (κ1) is 12.3. The van der Waals surface area contributed by atoms with Gasteiger partial charge < -0.3 is 9.84 Å². The van der Waals surface area contributed by atoms with Crippen LogP contribution in [0.1, 0.15) is 17.3 Å². The molecule has 0 aliphatic carbocycles. The highest BCUT2D eigenvalue weighted by Crippen LogP contribution is 2.24. The molecule has 0 bridgehead atoms. The van der Waals surface area contributed by atoms with Gasteiger partial charge in [0, 0.05) is 0 Å². The van der Waals surface area contributed by atoms with Crippen LogP contribution < -0.4 is 0 Å². The summed E-state index contributed by atoms with van der Waals surface area (Å²) in [6.07, 6.45) is 0. The molecular formula is C15H12N2O3. The SMILES string of the molecule is CCOC(=O)c1ccc2nc3c(O)cccc3nc2c1. The molecule has 3 aromatic rings. The molecule has 1 aromatic heterocycles. The number of rotatable bonds is 2. The van der Waals surface area contributed by atoms with Crippen LogP contribution >= 0.6 is 0 Å². The van der Waals surface area contributed by atoms with Crippen molar-refractivity contribution in [2.24, 2.45) is 0 Å². The summed E-state index contributed by atoms with van der Waals surface area (Å²) in [6.45, 7) is 2.09. The van der Waals surface area contributed by atoms with Crippen molar-refractivity contribution in [1.82, 2.24) is 9.97 Å². The lowest BCUT2D eigenvalue weighted by Gasteiger charge is -2.05. The van der Waals surface area contributed by atoms with E-state index >= 15 is 0 Å². The molecule has 1 N–H and O–H groups in total. The number of esters is 1. The van der Waals surface area contributed by atoms with Gasteiger partial charge in [-0.05, 0) is 37.3 Å². The lowest BCUT2D eigenvalue weighted by atomic mass is 10.2. The minimum absolute atomic E-state index is 0.0892. The molecular weight excluding hydrogens is 256 g/mol. The Hall–Kier alpha value is -2.69. The monoisotopic (exact) mass is 268 g/mol. The van der Waals surface area contributed by atoms with Crippen molar-refractivity contribution in [1.29, 1.82) is 0 Å². The van der Waals surface area contributed by atoms with Crippen molar-refractivity contribution in [3.63, 3.8) is 0 Å². The Morgan fingerprint density at radius 1 is 1.15 bits per heavy atom. The molecule has 0 radical (unpaired) electrons. The summed E-state index contributed by atoms with van der Waals surface area (Å²) in [7, 11) is 0. The summed E-state index contributed by atoms with van der Waals surface area (Å²) in [6, 6.07) is 10.0. The fourth-order valence-electron chi connectivity index (χ4n) is 2.02. The summed E-state index contributed by atoms with van der Waals surface area (Å²) < 4.78 is 4.96. The van der Waals surface area contributed by atoms with Crippen molar-refractivity contribution in [3.05, 3.63) is 42.0 Å². The Balaban J connectivity index is 2.19. The summed E-state index contributed by atoms with van der Waals surface area (Å²) in [5, 5.41) is 9.77. The van der Waals surface area contributed by atoms with Crippen molar-refractivity contribution in [2.75, 3.05) is 6.61 Å². The Morgan fingerprint density at radius 3 is 2.80 bits per heavy atom. The van der Waals surface area contributed by atoms with Gasteiger partial charge in [0.2, 0.25) is 0 Å². The maximum atomic E-state index is 11.7. The van der Waals surface area contributed by atoms with E-state index in [0.717, 1.165) is 0 Å². The summed E-state index contributed by atoms with van der Waals surface area (Å²) in [5.74, 6) is -0.293. The summed E-state index contributed by atoms with van der Waals surface area (Å²) in [5.41, 5.74) is 2.68. The standard InChI is InChI=1S/C15H12N2O3/c1-2-20-15(19)9-6-7-10-12(8-9)16-11-4-3-5-13(18)14(11)17-10/h3-8,18H,2H2,1H3. The molecule has 5 nitrogen and oxygen atoms in total. The number of carbonyl (C=O) groups is 1. The number of benzene rings is 2. The number of carbonyl (C=O) groups excluding carboxylic acids is 1. The number of phenols is 1. The predicted octanol–water partition coefficient (Wildman–Crippen LogP) is 2.67. The fourth-order valence-corrected chi connectivity index (χ4v) is 2.02. The van der Waals surface area contributed by atoms with Gasteiger partial charge in [0.15, 0.2) is 0 Å². The first-order valence-electron chi connectivity index (χ1n) is 6.25. The van der Waals surface area contributed by atoms with Gasteiger partial charge in [-0.1, -0.05) is 6.07 Å². The Kier molecular flexibility index (Phi) is 2.95. The van der Waals surface area contributed by atoms with E-state index in [1.165, 1.54) is 0 Å². The van der Waals surface area contributed by atoms with Gasteiger partial charge in [-0.3, -0.25) is 0 Å². The van der Waals surface area contributed by atoms with Gasteiger partial charge in [0.25, 0.3) is 0 Å².